The fraction of sp³-hybridized carbons (Fsp3) is 0.588. The van der Waals surface area contributed by atoms with Gasteiger partial charge in [-0.25, -0.2) is 0 Å². The summed E-state index contributed by atoms with van der Waals surface area (Å²) in [5, 5.41) is 3.73. The molecule has 1 aromatic rings. The van der Waals surface area contributed by atoms with Crippen LogP contribution < -0.4 is 5.32 Å². The molecule has 0 saturated heterocycles. The molecular formula is C17H22ClNO. The Labute approximate surface area is 125 Å². The molecular weight excluding hydrogens is 270 g/mol. The maximum Gasteiger partial charge on any atom is 0.232 e. The minimum Gasteiger partial charge on any atom is -0.325 e. The summed E-state index contributed by atoms with van der Waals surface area (Å²) in [6.45, 7) is 6.95. The van der Waals surface area contributed by atoms with Crippen molar-refractivity contribution >= 4 is 23.2 Å². The van der Waals surface area contributed by atoms with E-state index in [1.54, 1.807) is 0 Å². The summed E-state index contributed by atoms with van der Waals surface area (Å²) in [7, 11) is 0. The van der Waals surface area contributed by atoms with E-state index in [-0.39, 0.29) is 11.8 Å². The Bertz CT molecular complexity index is 552. The zero-order valence-electron chi connectivity index (χ0n) is 12.4. The molecule has 3 unspecified atom stereocenters. The Morgan fingerprint density at radius 3 is 2.75 bits per heavy atom. The third-order valence-corrected chi connectivity index (χ3v) is 5.02. The number of fused-ring (bicyclic) bond motifs is 1. The predicted octanol–water partition coefficient (Wildman–Crippen LogP) is 4.84. The van der Waals surface area contributed by atoms with Gasteiger partial charge >= 0.3 is 0 Å². The van der Waals surface area contributed by atoms with E-state index < -0.39 is 0 Å². The number of rotatable bonds is 1. The molecule has 0 aromatic heterocycles. The first-order valence-electron chi connectivity index (χ1n) is 7.46. The third-order valence-electron chi connectivity index (χ3n) is 4.78. The molecule has 20 heavy (non-hydrogen) atoms. The van der Waals surface area contributed by atoms with Crippen molar-refractivity contribution in [3.63, 3.8) is 0 Å². The molecule has 0 spiro atoms. The normalized spacial score (nSPS) is 31.8. The van der Waals surface area contributed by atoms with Crippen LogP contribution in [0.4, 0.5) is 5.69 Å². The second-order valence-corrected chi connectivity index (χ2v) is 7.81. The largest absolute Gasteiger partial charge is 0.325 e. The topological polar surface area (TPSA) is 29.1 Å². The van der Waals surface area contributed by atoms with E-state index in [0.717, 1.165) is 24.1 Å². The molecule has 0 radical (unpaired) electrons. The van der Waals surface area contributed by atoms with Gasteiger partial charge < -0.3 is 5.32 Å². The average Bonchev–Trinajstić information content (AvgIpc) is 2.61. The van der Waals surface area contributed by atoms with Gasteiger partial charge in [0.05, 0.1) is 5.92 Å². The van der Waals surface area contributed by atoms with E-state index in [1.165, 1.54) is 6.42 Å². The smallest absolute Gasteiger partial charge is 0.232 e. The Morgan fingerprint density at radius 1 is 1.30 bits per heavy atom. The second kappa shape index (κ2) is 4.77. The van der Waals surface area contributed by atoms with Gasteiger partial charge in [0.25, 0.3) is 0 Å². The molecule has 2 aliphatic rings. The lowest BCUT2D eigenvalue weighted by molar-refractivity contribution is -0.118. The van der Waals surface area contributed by atoms with Crippen LogP contribution in [0.2, 0.25) is 5.02 Å². The minimum absolute atomic E-state index is 0.0225. The molecule has 1 aromatic carbocycles. The molecule has 1 saturated carbocycles. The van der Waals surface area contributed by atoms with E-state index in [0.29, 0.717) is 22.3 Å². The molecule has 2 nitrogen and oxygen atoms in total. The van der Waals surface area contributed by atoms with Crippen LogP contribution in [0.1, 0.15) is 51.5 Å². The molecule has 3 rings (SSSR count). The van der Waals surface area contributed by atoms with E-state index >= 15 is 0 Å². The number of halogens is 1. The van der Waals surface area contributed by atoms with Gasteiger partial charge in [-0.05, 0) is 60.3 Å². The van der Waals surface area contributed by atoms with Crippen LogP contribution in [0.15, 0.2) is 18.2 Å². The number of benzene rings is 1. The molecule has 1 fully saturated rings. The van der Waals surface area contributed by atoms with Crippen molar-refractivity contribution in [3.05, 3.63) is 28.8 Å². The van der Waals surface area contributed by atoms with Gasteiger partial charge in [0, 0.05) is 10.7 Å². The highest BCUT2D eigenvalue weighted by Gasteiger charge is 2.42. The zero-order chi connectivity index (χ0) is 14.5. The first kappa shape index (κ1) is 13.9. The van der Waals surface area contributed by atoms with E-state index in [2.05, 4.69) is 26.1 Å². The fourth-order valence-corrected chi connectivity index (χ4v) is 4.58. The van der Waals surface area contributed by atoms with Crippen LogP contribution in [0, 0.1) is 17.3 Å². The lowest BCUT2D eigenvalue weighted by atomic mass is 9.64. The highest BCUT2D eigenvalue weighted by atomic mass is 35.5. The summed E-state index contributed by atoms with van der Waals surface area (Å²) in [5.74, 6) is 1.23. The lowest BCUT2D eigenvalue weighted by Crippen LogP contribution is -2.33. The molecule has 1 amide bonds. The van der Waals surface area contributed by atoms with Crippen molar-refractivity contribution < 1.29 is 4.79 Å². The SMILES string of the molecule is CC1CC(C2C(=O)Nc3ccc(Cl)cc32)CC(C)(C)C1. The standard InChI is InChI=1S/C17H22ClNO/c1-10-6-11(9-17(2,3)8-10)15-13-7-12(18)4-5-14(13)19-16(15)20/h4-5,7,10-11,15H,6,8-9H2,1-3H3,(H,19,20). The first-order chi connectivity index (χ1) is 9.35. The summed E-state index contributed by atoms with van der Waals surface area (Å²) in [6.07, 6.45) is 3.50. The van der Waals surface area contributed by atoms with Gasteiger partial charge in [0.1, 0.15) is 0 Å². The van der Waals surface area contributed by atoms with Gasteiger partial charge in [-0.15, -0.1) is 0 Å². The predicted molar refractivity (Wildman–Crippen MR) is 83.1 cm³/mol. The van der Waals surface area contributed by atoms with E-state index in [9.17, 15) is 4.79 Å². The minimum atomic E-state index is -0.0225. The van der Waals surface area contributed by atoms with Crippen molar-refractivity contribution in [1.82, 2.24) is 0 Å². The lowest BCUT2D eigenvalue weighted by Gasteiger charge is -2.41. The number of carbonyl (C=O) groups excluding carboxylic acids is 1. The summed E-state index contributed by atoms with van der Waals surface area (Å²) in [5.41, 5.74) is 2.36. The number of anilines is 1. The van der Waals surface area contributed by atoms with Crippen LogP contribution in [0.25, 0.3) is 0 Å². The number of hydrogen-bond acceptors (Lipinski definition) is 1. The second-order valence-electron chi connectivity index (χ2n) is 7.37. The summed E-state index contributed by atoms with van der Waals surface area (Å²) >= 11 is 6.12. The highest BCUT2D eigenvalue weighted by Crippen LogP contribution is 2.50. The molecule has 3 heteroatoms. The first-order valence-corrected chi connectivity index (χ1v) is 7.84. The average molecular weight is 292 g/mol. The molecule has 1 aliphatic carbocycles. The molecule has 3 atom stereocenters. The Balaban J connectivity index is 1.94. The number of carbonyl (C=O) groups is 1. The quantitative estimate of drug-likeness (QED) is 0.788. The van der Waals surface area contributed by atoms with E-state index in [1.807, 2.05) is 18.2 Å². The van der Waals surface area contributed by atoms with Crippen molar-refractivity contribution in [1.29, 1.82) is 0 Å². The maximum absolute atomic E-state index is 12.4. The highest BCUT2D eigenvalue weighted by molar-refractivity contribution is 6.31. The monoisotopic (exact) mass is 291 g/mol. The maximum atomic E-state index is 12.4. The van der Waals surface area contributed by atoms with Crippen molar-refractivity contribution in [3.8, 4) is 0 Å². The van der Waals surface area contributed by atoms with Crippen LogP contribution in [0.5, 0.6) is 0 Å². The van der Waals surface area contributed by atoms with E-state index in [4.69, 9.17) is 11.6 Å². The Kier molecular flexibility index (Phi) is 3.32. The fourth-order valence-electron chi connectivity index (χ4n) is 4.40. The zero-order valence-corrected chi connectivity index (χ0v) is 13.1. The van der Waals surface area contributed by atoms with Crippen LogP contribution in [-0.4, -0.2) is 5.91 Å². The molecule has 108 valence electrons. The Hall–Kier alpha value is -1.02. The Morgan fingerprint density at radius 2 is 2.05 bits per heavy atom. The van der Waals surface area contributed by atoms with Crippen molar-refractivity contribution in [2.75, 3.05) is 5.32 Å². The van der Waals surface area contributed by atoms with Crippen LogP contribution in [0.3, 0.4) is 0 Å². The molecule has 0 bridgehead atoms. The van der Waals surface area contributed by atoms with Gasteiger partial charge in [-0.3, -0.25) is 4.79 Å². The van der Waals surface area contributed by atoms with Gasteiger partial charge in [-0.1, -0.05) is 32.4 Å². The van der Waals surface area contributed by atoms with Crippen molar-refractivity contribution in [2.24, 2.45) is 17.3 Å². The molecule has 1 heterocycles. The molecule has 1 N–H and O–H groups in total. The number of hydrogen-bond donors (Lipinski definition) is 1. The van der Waals surface area contributed by atoms with Crippen LogP contribution >= 0.6 is 11.6 Å². The van der Waals surface area contributed by atoms with Crippen molar-refractivity contribution in [2.45, 2.75) is 46.0 Å². The van der Waals surface area contributed by atoms with Gasteiger partial charge in [-0.2, -0.15) is 0 Å². The molecule has 1 aliphatic heterocycles. The van der Waals surface area contributed by atoms with Gasteiger partial charge in [0.15, 0.2) is 0 Å². The number of nitrogens with one attached hydrogen (secondary N) is 1. The summed E-state index contributed by atoms with van der Waals surface area (Å²) < 4.78 is 0. The number of amides is 1. The third kappa shape index (κ3) is 2.46. The summed E-state index contributed by atoms with van der Waals surface area (Å²) in [4.78, 5) is 12.4. The van der Waals surface area contributed by atoms with Gasteiger partial charge in [0.2, 0.25) is 5.91 Å². The summed E-state index contributed by atoms with van der Waals surface area (Å²) in [6, 6.07) is 5.73. The van der Waals surface area contributed by atoms with Crippen LogP contribution in [-0.2, 0) is 4.79 Å².